The van der Waals surface area contributed by atoms with Gasteiger partial charge in [0.05, 0.1) is 25.9 Å². The van der Waals surface area contributed by atoms with Crippen LogP contribution in [-0.2, 0) is 32.6 Å². The first kappa shape index (κ1) is 31.1. The van der Waals surface area contributed by atoms with Crippen LogP contribution < -0.4 is 19.7 Å². The number of para-hydroxylation sites is 2. The van der Waals surface area contributed by atoms with Crippen LogP contribution in [0.15, 0.2) is 108 Å². The van der Waals surface area contributed by atoms with Gasteiger partial charge in [-0.15, -0.1) is 0 Å². The van der Waals surface area contributed by atoms with Crippen LogP contribution in [-0.4, -0.2) is 57.4 Å². The number of anilines is 1. The Balaban J connectivity index is 1.40. The summed E-state index contributed by atoms with van der Waals surface area (Å²) < 4.78 is 40.5. The number of amides is 2. The number of ether oxygens (including phenoxy) is 2. The molecule has 0 spiro atoms. The summed E-state index contributed by atoms with van der Waals surface area (Å²) in [5, 5.41) is 3.10. The van der Waals surface area contributed by atoms with Crippen molar-refractivity contribution in [3.8, 4) is 11.5 Å². The van der Waals surface area contributed by atoms with Gasteiger partial charge >= 0.3 is 0 Å². The molecule has 228 valence electrons. The Labute approximate surface area is 262 Å². The summed E-state index contributed by atoms with van der Waals surface area (Å²) in [6.45, 7) is -0.293. The van der Waals surface area contributed by atoms with Gasteiger partial charge in [-0.25, -0.2) is 8.42 Å². The Morgan fingerprint density at radius 3 is 2.32 bits per heavy atom. The van der Waals surface area contributed by atoms with Crippen molar-refractivity contribution in [2.24, 2.45) is 0 Å². The summed E-state index contributed by atoms with van der Waals surface area (Å²) in [5.41, 5.74) is 2.21. The largest absolute Gasteiger partial charge is 0.495 e. The van der Waals surface area contributed by atoms with Crippen molar-refractivity contribution >= 4 is 39.1 Å². The minimum Gasteiger partial charge on any atom is -0.495 e. The maximum Gasteiger partial charge on any atom is 0.262 e. The van der Waals surface area contributed by atoms with Crippen LogP contribution in [0.5, 0.6) is 11.5 Å². The van der Waals surface area contributed by atoms with E-state index in [-0.39, 0.29) is 34.7 Å². The molecule has 4 aromatic carbocycles. The zero-order valence-corrected chi connectivity index (χ0v) is 25.6. The second kappa shape index (κ2) is 13.9. The Bertz CT molecular complexity index is 1720. The fraction of sp³-hybridized carbons (Fsp3) is 0.212. The summed E-state index contributed by atoms with van der Waals surface area (Å²) in [5.74, 6) is -0.442. The van der Waals surface area contributed by atoms with Crippen molar-refractivity contribution in [2.75, 3.05) is 31.6 Å². The molecule has 1 aliphatic rings. The molecule has 44 heavy (non-hydrogen) atoms. The molecule has 0 bridgehead atoms. The van der Waals surface area contributed by atoms with Crippen molar-refractivity contribution < 1.29 is 27.5 Å². The monoisotopic (exact) mass is 633 g/mol. The fourth-order valence-corrected chi connectivity index (χ4v) is 6.73. The van der Waals surface area contributed by atoms with Gasteiger partial charge in [-0.2, -0.15) is 4.31 Å². The number of hydrogen-bond acceptors (Lipinski definition) is 6. The Kier molecular flexibility index (Phi) is 9.84. The van der Waals surface area contributed by atoms with Gasteiger partial charge in [-0.1, -0.05) is 84.4 Å². The van der Waals surface area contributed by atoms with Crippen molar-refractivity contribution in [3.05, 3.63) is 119 Å². The van der Waals surface area contributed by atoms with E-state index in [9.17, 15) is 18.0 Å². The van der Waals surface area contributed by atoms with Gasteiger partial charge in [0.2, 0.25) is 15.9 Å². The van der Waals surface area contributed by atoms with E-state index in [4.69, 9.17) is 21.1 Å². The van der Waals surface area contributed by atoms with Gasteiger partial charge in [-0.05, 0) is 47.9 Å². The second-order valence-corrected chi connectivity index (χ2v) is 12.5. The molecule has 1 atom stereocenters. The Morgan fingerprint density at radius 2 is 1.61 bits per heavy atom. The first-order chi connectivity index (χ1) is 21.3. The smallest absolute Gasteiger partial charge is 0.262 e. The van der Waals surface area contributed by atoms with Gasteiger partial charge < -0.3 is 19.7 Å². The molecule has 4 aromatic rings. The molecular formula is C33H32ClN3O6S. The molecule has 0 unspecified atom stereocenters. The molecule has 2 amide bonds. The molecule has 11 heteroatoms. The average Bonchev–Trinajstić information content (AvgIpc) is 3.04. The van der Waals surface area contributed by atoms with Crippen LogP contribution in [0.25, 0.3) is 0 Å². The van der Waals surface area contributed by atoms with E-state index in [0.29, 0.717) is 30.0 Å². The summed E-state index contributed by atoms with van der Waals surface area (Å²) in [6.07, 6.45) is -0.352. The molecule has 0 aromatic heterocycles. The highest BCUT2D eigenvalue weighted by Gasteiger charge is 2.37. The minimum atomic E-state index is -4.28. The minimum absolute atomic E-state index is 0.0834. The number of halogens is 1. The van der Waals surface area contributed by atoms with E-state index in [1.165, 1.54) is 30.2 Å². The van der Waals surface area contributed by atoms with Crippen molar-refractivity contribution in [1.29, 1.82) is 0 Å². The van der Waals surface area contributed by atoms with Crippen LogP contribution in [0.1, 0.15) is 11.1 Å². The predicted octanol–water partition coefficient (Wildman–Crippen LogP) is 4.69. The number of nitrogens with zero attached hydrogens (tertiary/aromatic N) is 2. The first-order valence-electron chi connectivity index (χ1n) is 14.0. The molecule has 0 saturated carbocycles. The molecule has 1 heterocycles. The first-order valence-corrected chi connectivity index (χ1v) is 15.8. The van der Waals surface area contributed by atoms with E-state index >= 15 is 0 Å². The number of carbonyl (C=O) groups excluding carboxylic acids is 2. The van der Waals surface area contributed by atoms with Gasteiger partial charge in [0.25, 0.3) is 5.91 Å². The lowest BCUT2D eigenvalue weighted by atomic mass is 10.1. The summed E-state index contributed by atoms with van der Waals surface area (Å²) >= 11 is 6.18. The zero-order valence-electron chi connectivity index (χ0n) is 24.1. The Hall–Kier alpha value is -4.38. The molecule has 1 aliphatic heterocycles. The number of methoxy groups -OCH3 is 1. The lowest BCUT2D eigenvalue weighted by Crippen LogP contribution is -2.53. The predicted molar refractivity (Wildman–Crippen MR) is 168 cm³/mol. The standard InChI is InChI=1S/C33H32ClN3O6S/c1-42-29-17-16-26(34)20-31(29)44(40,41)36(21-25-12-6-3-7-13-25)23-32(38)37-22-30(43-28-15-9-8-14-27(28)37)33(39)35-19-18-24-10-4-2-5-11-24/h2-17,20,30H,18-19,21-23H2,1H3,(H,35,39)/t30-/m0/s1. The van der Waals surface area contributed by atoms with Gasteiger partial charge in [0, 0.05) is 18.1 Å². The maximum atomic E-state index is 14.1. The molecule has 9 nitrogen and oxygen atoms in total. The van der Waals surface area contributed by atoms with Gasteiger partial charge in [0.1, 0.15) is 16.4 Å². The maximum absolute atomic E-state index is 14.1. The summed E-state index contributed by atoms with van der Waals surface area (Å²) in [7, 11) is -2.91. The number of nitrogens with one attached hydrogen (secondary N) is 1. The highest BCUT2D eigenvalue weighted by Crippen LogP contribution is 2.34. The van der Waals surface area contributed by atoms with E-state index in [1.807, 2.05) is 36.4 Å². The van der Waals surface area contributed by atoms with Crippen molar-refractivity contribution in [2.45, 2.75) is 24.0 Å². The molecule has 0 radical (unpaired) electrons. The third-order valence-corrected chi connectivity index (χ3v) is 9.23. The van der Waals surface area contributed by atoms with Gasteiger partial charge in [0.15, 0.2) is 6.10 Å². The Morgan fingerprint density at radius 1 is 0.955 bits per heavy atom. The van der Waals surface area contributed by atoms with Crippen LogP contribution in [0.3, 0.4) is 0 Å². The van der Waals surface area contributed by atoms with E-state index in [0.717, 1.165) is 9.87 Å². The summed E-state index contributed by atoms with van der Waals surface area (Å²) in [4.78, 5) is 28.4. The normalized spacial score (nSPS) is 14.4. The van der Waals surface area contributed by atoms with E-state index in [1.54, 1.807) is 48.5 Å². The molecular weight excluding hydrogens is 602 g/mol. The number of hydrogen-bond donors (Lipinski definition) is 1. The number of benzene rings is 4. The quantitative estimate of drug-likeness (QED) is 0.257. The number of carbonyl (C=O) groups is 2. The average molecular weight is 634 g/mol. The lowest BCUT2D eigenvalue weighted by Gasteiger charge is -2.35. The second-order valence-electron chi connectivity index (χ2n) is 10.2. The molecule has 0 saturated heterocycles. The fourth-order valence-electron chi connectivity index (χ4n) is 4.94. The van der Waals surface area contributed by atoms with Crippen LogP contribution in [0, 0.1) is 0 Å². The number of rotatable bonds is 11. The highest BCUT2D eigenvalue weighted by atomic mass is 35.5. The topological polar surface area (TPSA) is 105 Å². The third kappa shape index (κ3) is 7.21. The van der Waals surface area contributed by atoms with Crippen molar-refractivity contribution in [3.63, 3.8) is 0 Å². The number of sulfonamides is 1. The SMILES string of the molecule is COc1ccc(Cl)cc1S(=O)(=O)N(CC(=O)N1C[C@@H](C(=O)NCCc2ccccc2)Oc2ccccc21)Cc1ccccc1. The third-order valence-electron chi connectivity index (χ3n) is 7.18. The molecule has 5 rings (SSSR count). The molecule has 0 aliphatic carbocycles. The van der Waals surface area contributed by atoms with Crippen LogP contribution >= 0.6 is 11.6 Å². The van der Waals surface area contributed by atoms with Crippen LogP contribution in [0.4, 0.5) is 5.69 Å². The lowest BCUT2D eigenvalue weighted by molar-refractivity contribution is -0.128. The van der Waals surface area contributed by atoms with Crippen LogP contribution in [0.2, 0.25) is 5.02 Å². The number of fused-ring (bicyclic) bond motifs is 1. The highest BCUT2D eigenvalue weighted by molar-refractivity contribution is 7.89. The van der Waals surface area contributed by atoms with Crippen molar-refractivity contribution in [1.82, 2.24) is 9.62 Å². The molecule has 0 fully saturated rings. The van der Waals surface area contributed by atoms with E-state index in [2.05, 4.69) is 5.32 Å². The van der Waals surface area contributed by atoms with Gasteiger partial charge in [-0.3, -0.25) is 9.59 Å². The molecule has 1 N–H and O–H groups in total. The summed E-state index contributed by atoms with van der Waals surface area (Å²) in [6, 6.07) is 29.9. The zero-order chi connectivity index (χ0) is 31.1. The van der Waals surface area contributed by atoms with E-state index < -0.39 is 28.6 Å².